The number of nitrogens with two attached hydrogens (primary N) is 1. The Labute approximate surface area is 115 Å². The van der Waals surface area contributed by atoms with E-state index in [9.17, 15) is 0 Å². The van der Waals surface area contributed by atoms with Gasteiger partial charge < -0.3 is 10.5 Å². The Bertz CT molecular complexity index is 578. The monoisotopic (exact) mass is 309 g/mol. The minimum absolute atomic E-state index is 0.436. The van der Waals surface area contributed by atoms with E-state index in [1.54, 1.807) is 0 Å². The predicted molar refractivity (Wildman–Crippen MR) is 75.6 cm³/mol. The Morgan fingerprint density at radius 1 is 1.39 bits per heavy atom. The standard InChI is InChI=1S/C13H16BrN3O/c1-8-5-4-6-11(13(8)15)18-7-10-12(14)9(2)16-17(10)3/h4-6H,7,15H2,1-3H3. The summed E-state index contributed by atoms with van der Waals surface area (Å²) >= 11 is 3.51. The zero-order chi connectivity index (χ0) is 13.3. The van der Waals surface area contributed by atoms with Gasteiger partial charge in [-0.1, -0.05) is 12.1 Å². The third-order valence-electron chi connectivity index (χ3n) is 2.91. The topological polar surface area (TPSA) is 53.1 Å². The van der Waals surface area contributed by atoms with Crippen LogP contribution < -0.4 is 10.5 Å². The summed E-state index contributed by atoms with van der Waals surface area (Å²) in [6.07, 6.45) is 0. The fourth-order valence-electron chi connectivity index (χ4n) is 1.76. The Hall–Kier alpha value is -1.49. The molecular formula is C13H16BrN3O. The van der Waals surface area contributed by atoms with Crippen LogP contribution in [0.2, 0.25) is 0 Å². The molecule has 0 radical (unpaired) electrons. The number of hydrogen-bond donors (Lipinski definition) is 1. The summed E-state index contributed by atoms with van der Waals surface area (Å²) in [6, 6.07) is 5.77. The molecule has 2 N–H and O–H groups in total. The molecule has 0 saturated heterocycles. The van der Waals surface area contributed by atoms with Gasteiger partial charge in [0.15, 0.2) is 0 Å². The fourth-order valence-corrected chi connectivity index (χ4v) is 2.21. The molecule has 0 atom stereocenters. The number of halogens is 1. The van der Waals surface area contributed by atoms with Gasteiger partial charge in [0.1, 0.15) is 12.4 Å². The van der Waals surface area contributed by atoms with Gasteiger partial charge in [0, 0.05) is 7.05 Å². The van der Waals surface area contributed by atoms with Gasteiger partial charge >= 0.3 is 0 Å². The molecule has 96 valence electrons. The molecule has 0 fully saturated rings. The maximum atomic E-state index is 5.97. The van der Waals surface area contributed by atoms with E-state index in [0.717, 1.165) is 21.4 Å². The zero-order valence-electron chi connectivity index (χ0n) is 10.7. The van der Waals surface area contributed by atoms with Crippen LogP contribution in [-0.4, -0.2) is 9.78 Å². The van der Waals surface area contributed by atoms with Crippen LogP contribution in [0.3, 0.4) is 0 Å². The van der Waals surface area contributed by atoms with Gasteiger partial charge in [-0.15, -0.1) is 0 Å². The molecule has 0 aliphatic rings. The molecule has 1 aromatic heterocycles. The molecule has 2 rings (SSSR count). The lowest BCUT2D eigenvalue weighted by molar-refractivity contribution is 0.295. The van der Waals surface area contributed by atoms with Gasteiger partial charge in [0.25, 0.3) is 0 Å². The van der Waals surface area contributed by atoms with Crippen LogP contribution >= 0.6 is 15.9 Å². The third-order valence-corrected chi connectivity index (χ3v) is 3.94. The second kappa shape index (κ2) is 5.02. The molecule has 0 bridgehead atoms. The molecule has 0 unspecified atom stereocenters. The normalized spacial score (nSPS) is 10.7. The van der Waals surface area contributed by atoms with E-state index in [-0.39, 0.29) is 0 Å². The smallest absolute Gasteiger partial charge is 0.143 e. The predicted octanol–water partition coefficient (Wildman–Crippen LogP) is 2.96. The fraction of sp³-hybridized carbons (Fsp3) is 0.308. The average molecular weight is 310 g/mol. The first-order valence-corrected chi connectivity index (χ1v) is 6.46. The zero-order valence-corrected chi connectivity index (χ0v) is 12.3. The molecule has 5 heteroatoms. The van der Waals surface area contributed by atoms with Crippen molar-refractivity contribution in [3.63, 3.8) is 0 Å². The van der Waals surface area contributed by atoms with E-state index in [1.807, 2.05) is 43.8 Å². The highest BCUT2D eigenvalue weighted by atomic mass is 79.9. The van der Waals surface area contributed by atoms with Crippen LogP contribution in [0.15, 0.2) is 22.7 Å². The largest absolute Gasteiger partial charge is 0.485 e. The summed E-state index contributed by atoms with van der Waals surface area (Å²) in [4.78, 5) is 0. The molecule has 4 nitrogen and oxygen atoms in total. The lowest BCUT2D eigenvalue weighted by Crippen LogP contribution is -2.05. The first kappa shape index (κ1) is 13.0. The Balaban J connectivity index is 2.19. The number of ether oxygens (including phenoxy) is 1. The number of aromatic nitrogens is 2. The van der Waals surface area contributed by atoms with Gasteiger partial charge in [0.05, 0.1) is 21.5 Å². The van der Waals surface area contributed by atoms with Crippen molar-refractivity contribution in [1.82, 2.24) is 9.78 Å². The van der Waals surface area contributed by atoms with Crippen LogP contribution in [0.5, 0.6) is 5.75 Å². The number of aryl methyl sites for hydroxylation is 3. The summed E-state index contributed by atoms with van der Waals surface area (Å²) in [5, 5.41) is 4.32. The highest BCUT2D eigenvalue weighted by Crippen LogP contribution is 2.27. The number of hydrogen-bond acceptors (Lipinski definition) is 3. The van der Waals surface area contributed by atoms with Crippen molar-refractivity contribution in [3.8, 4) is 5.75 Å². The number of nitrogens with zero attached hydrogens (tertiary/aromatic N) is 2. The van der Waals surface area contributed by atoms with Crippen molar-refractivity contribution >= 4 is 21.6 Å². The molecule has 0 saturated carbocycles. The summed E-state index contributed by atoms with van der Waals surface area (Å²) in [6.45, 7) is 4.35. The Kier molecular flexibility index (Phi) is 3.61. The summed E-state index contributed by atoms with van der Waals surface area (Å²) in [5.74, 6) is 0.709. The molecule has 2 aromatic rings. The van der Waals surface area contributed by atoms with Crippen molar-refractivity contribution in [3.05, 3.63) is 39.6 Å². The molecule has 0 spiro atoms. The summed E-state index contributed by atoms with van der Waals surface area (Å²) < 4.78 is 8.56. The highest BCUT2D eigenvalue weighted by Gasteiger charge is 2.12. The van der Waals surface area contributed by atoms with Crippen LogP contribution in [0.4, 0.5) is 5.69 Å². The minimum atomic E-state index is 0.436. The van der Waals surface area contributed by atoms with Crippen LogP contribution in [0, 0.1) is 13.8 Å². The van der Waals surface area contributed by atoms with Crippen LogP contribution in [-0.2, 0) is 13.7 Å². The molecular weight excluding hydrogens is 294 g/mol. The first-order valence-electron chi connectivity index (χ1n) is 5.66. The van der Waals surface area contributed by atoms with Gasteiger partial charge in [0.2, 0.25) is 0 Å². The lowest BCUT2D eigenvalue weighted by Gasteiger charge is -2.11. The number of benzene rings is 1. The minimum Gasteiger partial charge on any atom is -0.485 e. The average Bonchev–Trinajstić information content (AvgIpc) is 2.56. The summed E-state index contributed by atoms with van der Waals surface area (Å²) in [5.41, 5.74) is 9.62. The number of anilines is 1. The quantitative estimate of drug-likeness (QED) is 0.887. The Morgan fingerprint density at radius 2 is 2.11 bits per heavy atom. The Morgan fingerprint density at radius 3 is 2.72 bits per heavy atom. The van der Waals surface area contributed by atoms with E-state index >= 15 is 0 Å². The van der Waals surface area contributed by atoms with Crippen molar-refractivity contribution < 1.29 is 4.74 Å². The molecule has 0 aliphatic heterocycles. The number of nitrogen functional groups attached to an aromatic ring is 1. The molecule has 1 heterocycles. The third kappa shape index (κ3) is 2.36. The van der Waals surface area contributed by atoms with E-state index in [2.05, 4.69) is 21.0 Å². The van der Waals surface area contributed by atoms with Crippen molar-refractivity contribution in [2.24, 2.45) is 7.05 Å². The number of rotatable bonds is 3. The van der Waals surface area contributed by atoms with Crippen molar-refractivity contribution in [2.45, 2.75) is 20.5 Å². The number of para-hydroxylation sites is 1. The van der Waals surface area contributed by atoms with E-state index in [4.69, 9.17) is 10.5 Å². The van der Waals surface area contributed by atoms with Gasteiger partial charge in [-0.3, -0.25) is 4.68 Å². The molecule has 1 aromatic carbocycles. The van der Waals surface area contributed by atoms with E-state index < -0.39 is 0 Å². The molecule has 0 amide bonds. The first-order chi connectivity index (χ1) is 8.50. The lowest BCUT2D eigenvalue weighted by atomic mass is 10.2. The van der Waals surface area contributed by atoms with Crippen molar-refractivity contribution in [2.75, 3.05) is 5.73 Å². The van der Waals surface area contributed by atoms with Gasteiger partial charge in [-0.05, 0) is 41.4 Å². The van der Waals surface area contributed by atoms with E-state index in [1.165, 1.54) is 0 Å². The van der Waals surface area contributed by atoms with E-state index in [0.29, 0.717) is 18.0 Å². The highest BCUT2D eigenvalue weighted by molar-refractivity contribution is 9.10. The second-order valence-corrected chi connectivity index (χ2v) is 5.04. The van der Waals surface area contributed by atoms with Crippen molar-refractivity contribution in [1.29, 1.82) is 0 Å². The SMILES string of the molecule is Cc1cccc(OCc2c(Br)c(C)nn2C)c1N. The molecule has 0 aliphatic carbocycles. The van der Waals surface area contributed by atoms with Gasteiger partial charge in [-0.25, -0.2) is 0 Å². The van der Waals surface area contributed by atoms with Crippen LogP contribution in [0.1, 0.15) is 17.0 Å². The second-order valence-electron chi connectivity index (χ2n) is 4.25. The maximum absolute atomic E-state index is 5.97. The molecule has 18 heavy (non-hydrogen) atoms. The maximum Gasteiger partial charge on any atom is 0.143 e. The van der Waals surface area contributed by atoms with Gasteiger partial charge in [-0.2, -0.15) is 5.10 Å². The summed E-state index contributed by atoms with van der Waals surface area (Å²) in [7, 11) is 1.90. The van der Waals surface area contributed by atoms with Crippen LogP contribution in [0.25, 0.3) is 0 Å².